The van der Waals surface area contributed by atoms with Crippen LogP contribution in [-0.2, 0) is 28.0 Å². The lowest BCUT2D eigenvalue weighted by Gasteiger charge is -2.29. The zero-order chi connectivity index (χ0) is 23.3. The van der Waals surface area contributed by atoms with Gasteiger partial charge in [0, 0.05) is 25.7 Å². The molecule has 1 N–H and O–H groups in total. The third-order valence-electron chi connectivity index (χ3n) is 6.51. The highest BCUT2D eigenvalue weighted by atomic mass is 32.2. The molecule has 2 aliphatic heterocycles. The molecule has 2 aliphatic rings. The van der Waals surface area contributed by atoms with E-state index in [1.807, 2.05) is 44.2 Å². The smallest absolute Gasteiger partial charge is 0.262 e. The van der Waals surface area contributed by atoms with Crippen LogP contribution in [0.25, 0.3) is 10.9 Å². The van der Waals surface area contributed by atoms with Crippen LogP contribution in [0.5, 0.6) is 0 Å². The first-order valence-corrected chi connectivity index (χ1v) is 12.9. The Labute approximate surface area is 193 Å². The van der Waals surface area contributed by atoms with Gasteiger partial charge in [-0.05, 0) is 43.5 Å². The van der Waals surface area contributed by atoms with Crippen molar-refractivity contribution in [1.82, 2.24) is 9.55 Å². The number of benzene rings is 2. The molecule has 174 valence electrons. The van der Waals surface area contributed by atoms with E-state index < -0.39 is 9.84 Å². The van der Waals surface area contributed by atoms with E-state index in [1.54, 1.807) is 11.6 Å². The Morgan fingerprint density at radius 2 is 1.94 bits per heavy atom. The number of hydrogen-bond acceptors (Lipinski definition) is 7. The Balaban J connectivity index is 1.62. The third kappa shape index (κ3) is 3.79. The molecule has 0 radical (unpaired) electrons. The summed E-state index contributed by atoms with van der Waals surface area (Å²) < 4.78 is 32.4. The average Bonchev–Trinajstić information content (AvgIpc) is 3.12. The van der Waals surface area contributed by atoms with Crippen molar-refractivity contribution in [2.45, 2.75) is 31.2 Å². The minimum atomic E-state index is -3.30. The summed E-state index contributed by atoms with van der Waals surface area (Å²) in [5, 5.41) is 3.96. The van der Waals surface area contributed by atoms with Crippen LogP contribution in [0.4, 0.5) is 11.6 Å². The van der Waals surface area contributed by atoms with Crippen LogP contribution in [0, 0.1) is 6.92 Å². The molecule has 0 saturated carbocycles. The molecular formula is C24H28N4O4S. The summed E-state index contributed by atoms with van der Waals surface area (Å²) in [6.45, 7) is 6.47. The number of sulfone groups is 1. The number of morpholine rings is 1. The highest BCUT2D eigenvalue weighted by Crippen LogP contribution is 2.35. The van der Waals surface area contributed by atoms with Crippen molar-refractivity contribution in [3.05, 3.63) is 57.4 Å². The molecule has 0 bridgehead atoms. The van der Waals surface area contributed by atoms with E-state index in [9.17, 15) is 13.2 Å². The number of aromatic nitrogens is 2. The van der Waals surface area contributed by atoms with Crippen LogP contribution in [0.3, 0.4) is 0 Å². The molecule has 1 aromatic heterocycles. The van der Waals surface area contributed by atoms with Crippen LogP contribution < -0.4 is 15.8 Å². The van der Waals surface area contributed by atoms with Gasteiger partial charge < -0.3 is 15.0 Å². The first-order chi connectivity index (χ1) is 15.8. The maximum atomic E-state index is 13.3. The SMILES string of the molecule is Cc1cc(C(C)Nc2cccc3c2S(=O)(=O)CC3)c2nc(N3CCOCC3)n(C)c(=O)c2c1. The molecule has 1 fully saturated rings. The molecule has 0 aliphatic carbocycles. The molecule has 8 nitrogen and oxygen atoms in total. The Kier molecular flexibility index (Phi) is 5.41. The van der Waals surface area contributed by atoms with Gasteiger partial charge in [0.1, 0.15) is 0 Å². The first-order valence-electron chi connectivity index (χ1n) is 11.2. The third-order valence-corrected chi connectivity index (χ3v) is 8.36. The molecule has 33 heavy (non-hydrogen) atoms. The van der Waals surface area contributed by atoms with Crippen LogP contribution in [-0.4, -0.2) is 50.0 Å². The van der Waals surface area contributed by atoms with Gasteiger partial charge in [0.05, 0.1) is 46.5 Å². The van der Waals surface area contributed by atoms with Gasteiger partial charge >= 0.3 is 0 Å². The fourth-order valence-electron chi connectivity index (χ4n) is 4.84. The number of hydrogen-bond donors (Lipinski definition) is 1. The topological polar surface area (TPSA) is 93.5 Å². The number of aryl methyl sites for hydroxylation is 2. The minimum absolute atomic E-state index is 0.0955. The van der Waals surface area contributed by atoms with Crippen LogP contribution in [0.2, 0.25) is 0 Å². The van der Waals surface area contributed by atoms with E-state index in [2.05, 4.69) is 10.2 Å². The van der Waals surface area contributed by atoms with Gasteiger partial charge in [0.2, 0.25) is 5.95 Å². The predicted molar refractivity (Wildman–Crippen MR) is 129 cm³/mol. The number of ether oxygens (including phenoxy) is 1. The molecule has 1 atom stereocenters. The molecule has 1 unspecified atom stereocenters. The molecule has 0 spiro atoms. The second-order valence-corrected chi connectivity index (χ2v) is 10.9. The van der Waals surface area contributed by atoms with Crippen molar-refractivity contribution >= 4 is 32.4 Å². The van der Waals surface area contributed by atoms with Gasteiger partial charge in [0.25, 0.3) is 5.56 Å². The van der Waals surface area contributed by atoms with Gasteiger partial charge in [-0.2, -0.15) is 0 Å². The Bertz CT molecular complexity index is 1410. The van der Waals surface area contributed by atoms with Gasteiger partial charge in [-0.25, -0.2) is 13.4 Å². The summed E-state index contributed by atoms with van der Waals surface area (Å²) in [5.41, 5.74) is 3.81. The minimum Gasteiger partial charge on any atom is -0.378 e. The first kappa shape index (κ1) is 21.9. The zero-order valence-corrected chi connectivity index (χ0v) is 19.9. The van der Waals surface area contributed by atoms with Crippen molar-refractivity contribution in [3.63, 3.8) is 0 Å². The van der Waals surface area contributed by atoms with Crippen LogP contribution in [0.15, 0.2) is 40.0 Å². The van der Waals surface area contributed by atoms with E-state index in [0.717, 1.165) is 16.7 Å². The van der Waals surface area contributed by atoms with Crippen molar-refractivity contribution in [3.8, 4) is 0 Å². The second kappa shape index (κ2) is 8.14. The van der Waals surface area contributed by atoms with E-state index in [4.69, 9.17) is 9.72 Å². The largest absolute Gasteiger partial charge is 0.378 e. The van der Waals surface area contributed by atoms with Gasteiger partial charge in [-0.15, -0.1) is 0 Å². The van der Waals surface area contributed by atoms with Gasteiger partial charge in [-0.1, -0.05) is 18.2 Å². The summed E-state index contributed by atoms with van der Waals surface area (Å²) in [4.78, 5) is 20.7. The zero-order valence-electron chi connectivity index (χ0n) is 19.1. The monoisotopic (exact) mass is 468 g/mol. The highest BCUT2D eigenvalue weighted by molar-refractivity contribution is 7.91. The number of fused-ring (bicyclic) bond motifs is 2. The molecule has 0 amide bonds. The number of rotatable bonds is 4. The summed E-state index contributed by atoms with van der Waals surface area (Å²) in [6, 6.07) is 9.20. The fraction of sp³-hybridized carbons (Fsp3) is 0.417. The van der Waals surface area contributed by atoms with Crippen LogP contribution >= 0.6 is 0 Å². The second-order valence-electron chi connectivity index (χ2n) is 8.85. The number of nitrogens with zero attached hydrogens (tertiary/aromatic N) is 3. The van der Waals surface area contributed by atoms with E-state index >= 15 is 0 Å². The van der Waals surface area contributed by atoms with E-state index in [-0.39, 0.29) is 17.4 Å². The van der Waals surface area contributed by atoms with E-state index in [1.165, 1.54) is 0 Å². The summed E-state index contributed by atoms with van der Waals surface area (Å²) >= 11 is 0. The fourth-order valence-corrected chi connectivity index (χ4v) is 6.56. The molecule has 9 heteroatoms. The number of nitrogens with one attached hydrogen (secondary N) is 1. The Hall–Kier alpha value is -2.91. The quantitative estimate of drug-likeness (QED) is 0.629. The van der Waals surface area contributed by atoms with Crippen molar-refractivity contribution < 1.29 is 13.2 Å². The van der Waals surface area contributed by atoms with E-state index in [0.29, 0.717) is 60.2 Å². The molecular weight excluding hydrogens is 440 g/mol. The van der Waals surface area contributed by atoms with Gasteiger partial charge in [-0.3, -0.25) is 9.36 Å². The summed E-state index contributed by atoms with van der Waals surface area (Å²) in [6.07, 6.45) is 0.537. The van der Waals surface area contributed by atoms with Gasteiger partial charge in [0.15, 0.2) is 9.84 Å². The maximum absolute atomic E-state index is 13.3. The lowest BCUT2D eigenvalue weighted by molar-refractivity contribution is 0.121. The lowest BCUT2D eigenvalue weighted by Crippen LogP contribution is -2.40. The normalized spacial score (nSPS) is 18.3. The Morgan fingerprint density at radius 3 is 2.70 bits per heavy atom. The van der Waals surface area contributed by atoms with Crippen LogP contribution in [0.1, 0.15) is 29.7 Å². The predicted octanol–water partition coefficient (Wildman–Crippen LogP) is 2.58. The number of anilines is 2. The molecule has 3 aromatic rings. The Morgan fingerprint density at radius 1 is 1.18 bits per heavy atom. The molecule has 1 saturated heterocycles. The average molecular weight is 469 g/mol. The molecule has 2 aromatic carbocycles. The summed E-state index contributed by atoms with van der Waals surface area (Å²) in [7, 11) is -1.55. The molecule has 5 rings (SSSR count). The van der Waals surface area contributed by atoms with Crippen molar-refractivity contribution in [2.75, 3.05) is 42.3 Å². The van der Waals surface area contributed by atoms with Crippen molar-refractivity contribution in [2.24, 2.45) is 7.05 Å². The van der Waals surface area contributed by atoms with Crippen molar-refractivity contribution in [1.29, 1.82) is 0 Å². The lowest BCUT2D eigenvalue weighted by atomic mass is 10.0. The highest BCUT2D eigenvalue weighted by Gasteiger charge is 2.30. The standard InChI is InChI=1S/C24H28N4O4S/c1-15-13-18(16(2)25-20-6-4-5-17-7-12-33(30,31)22(17)20)21-19(14-15)23(29)27(3)24(26-21)28-8-10-32-11-9-28/h4-6,13-14,16,25H,7-12H2,1-3H3. The maximum Gasteiger partial charge on any atom is 0.262 e. The summed E-state index contributed by atoms with van der Waals surface area (Å²) in [5.74, 6) is 0.764. The molecule has 3 heterocycles.